The zero-order valence-electron chi connectivity index (χ0n) is 14.0. The summed E-state index contributed by atoms with van der Waals surface area (Å²) in [6.45, 7) is 3.99. The van der Waals surface area contributed by atoms with E-state index in [1.807, 2.05) is 62.4 Å². The van der Waals surface area contributed by atoms with Gasteiger partial charge < -0.3 is 19.9 Å². The van der Waals surface area contributed by atoms with Gasteiger partial charge in [0.05, 0.1) is 26.0 Å². The molecule has 2 aromatic rings. The molecule has 0 atom stereocenters. The molecule has 4 heteroatoms. The maximum absolute atomic E-state index is 5.93. The van der Waals surface area contributed by atoms with E-state index in [0.29, 0.717) is 11.4 Å². The summed E-state index contributed by atoms with van der Waals surface area (Å²) in [6.07, 6.45) is 4.10. The summed E-state index contributed by atoms with van der Waals surface area (Å²) < 4.78 is 16.2. The number of ether oxygens (including phenoxy) is 3. The smallest absolute Gasteiger partial charge is 0.141 e. The Kier molecular flexibility index (Phi) is 5.52. The van der Waals surface area contributed by atoms with Crippen LogP contribution in [0.3, 0.4) is 0 Å². The summed E-state index contributed by atoms with van der Waals surface area (Å²) in [7, 11) is 3.25. The van der Waals surface area contributed by atoms with Crippen LogP contribution in [0.4, 0.5) is 5.69 Å². The number of hydrogen-bond donors (Lipinski definition) is 1. The molecule has 0 radical (unpaired) electrons. The van der Waals surface area contributed by atoms with Crippen molar-refractivity contribution in [3.8, 4) is 17.2 Å². The van der Waals surface area contributed by atoms with Crippen LogP contribution in [-0.4, -0.2) is 20.3 Å². The third kappa shape index (κ3) is 4.68. The molecule has 0 fully saturated rings. The highest BCUT2D eigenvalue weighted by atomic mass is 16.5. The second-order valence-corrected chi connectivity index (χ2v) is 5.44. The Bertz CT molecular complexity index is 693. The SMILES string of the molecule is COc1cc(/C=C/c2ccc(OC)c(N)c2)cc(OC(C)C)c1. The quantitative estimate of drug-likeness (QED) is 0.640. The third-order valence-corrected chi connectivity index (χ3v) is 3.23. The lowest BCUT2D eigenvalue weighted by Gasteiger charge is -2.12. The molecule has 0 aromatic heterocycles. The first-order chi connectivity index (χ1) is 11.0. The molecule has 0 amide bonds. The Morgan fingerprint density at radius 3 is 2.17 bits per heavy atom. The number of rotatable bonds is 6. The number of nitrogen functional groups attached to an aromatic ring is 1. The van der Waals surface area contributed by atoms with Crippen molar-refractivity contribution in [3.63, 3.8) is 0 Å². The molecule has 0 unspecified atom stereocenters. The molecule has 2 aromatic carbocycles. The normalized spacial score (nSPS) is 11.0. The number of anilines is 1. The number of nitrogens with two attached hydrogens (primary N) is 1. The summed E-state index contributed by atoms with van der Waals surface area (Å²) >= 11 is 0. The molecule has 2 N–H and O–H groups in total. The van der Waals surface area contributed by atoms with Gasteiger partial charge in [-0.1, -0.05) is 18.2 Å². The lowest BCUT2D eigenvalue weighted by atomic mass is 10.1. The van der Waals surface area contributed by atoms with Gasteiger partial charge in [0.2, 0.25) is 0 Å². The summed E-state index contributed by atoms with van der Waals surface area (Å²) in [5.74, 6) is 2.22. The zero-order chi connectivity index (χ0) is 16.8. The minimum absolute atomic E-state index is 0.111. The van der Waals surface area contributed by atoms with E-state index in [1.54, 1.807) is 14.2 Å². The minimum atomic E-state index is 0.111. The Labute approximate surface area is 137 Å². The maximum atomic E-state index is 5.93. The molecule has 2 rings (SSSR count). The van der Waals surface area contributed by atoms with E-state index in [-0.39, 0.29) is 6.10 Å². The standard InChI is InChI=1S/C19H23NO3/c1-13(2)23-17-10-15(9-16(12-17)21-3)6-5-14-7-8-19(22-4)18(20)11-14/h5-13H,20H2,1-4H3/b6-5+. The molecular weight excluding hydrogens is 290 g/mol. The van der Waals surface area contributed by atoms with Crippen LogP contribution in [0.25, 0.3) is 12.2 Å². The maximum Gasteiger partial charge on any atom is 0.141 e. The molecule has 0 aliphatic heterocycles. The molecule has 23 heavy (non-hydrogen) atoms. The molecule has 122 valence electrons. The van der Waals surface area contributed by atoms with Crippen molar-refractivity contribution >= 4 is 17.8 Å². The fourth-order valence-electron chi connectivity index (χ4n) is 2.20. The second kappa shape index (κ2) is 7.58. The van der Waals surface area contributed by atoms with Crippen molar-refractivity contribution in [2.45, 2.75) is 20.0 Å². The molecule has 0 heterocycles. The molecule has 0 bridgehead atoms. The lowest BCUT2D eigenvalue weighted by Crippen LogP contribution is -2.05. The fraction of sp³-hybridized carbons (Fsp3) is 0.263. The van der Waals surface area contributed by atoms with Crippen molar-refractivity contribution < 1.29 is 14.2 Å². The number of hydrogen-bond acceptors (Lipinski definition) is 4. The lowest BCUT2D eigenvalue weighted by molar-refractivity contribution is 0.241. The van der Waals surface area contributed by atoms with Crippen molar-refractivity contribution in [2.24, 2.45) is 0 Å². The first-order valence-corrected chi connectivity index (χ1v) is 7.49. The topological polar surface area (TPSA) is 53.7 Å². The van der Waals surface area contributed by atoms with Crippen LogP contribution >= 0.6 is 0 Å². The van der Waals surface area contributed by atoms with E-state index in [9.17, 15) is 0 Å². The highest BCUT2D eigenvalue weighted by Crippen LogP contribution is 2.26. The Balaban J connectivity index is 2.25. The average Bonchev–Trinajstić information content (AvgIpc) is 2.52. The Hall–Kier alpha value is -2.62. The molecule has 0 saturated heterocycles. The third-order valence-electron chi connectivity index (χ3n) is 3.23. The first kappa shape index (κ1) is 16.7. The van der Waals surface area contributed by atoms with Gasteiger partial charge in [0.25, 0.3) is 0 Å². The second-order valence-electron chi connectivity index (χ2n) is 5.44. The van der Waals surface area contributed by atoms with E-state index < -0.39 is 0 Å². The molecule has 0 aliphatic rings. The van der Waals surface area contributed by atoms with Gasteiger partial charge in [-0.2, -0.15) is 0 Å². The fourth-order valence-corrected chi connectivity index (χ4v) is 2.20. The van der Waals surface area contributed by atoms with E-state index >= 15 is 0 Å². The van der Waals surface area contributed by atoms with E-state index in [2.05, 4.69) is 0 Å². The van der Waals surface area contributed by atoms with E-state index in [0.717, 1.165) is 22.6 Å². The predicted molar refractivity (Wildman–Crippen MR) is 95.1 cm³/mol. The van der Waals surface area contributed by atoms with Gasteiger partial charge in [0.1, 0.15) is 17.2 Å². The van der Waals surface area contributed by atoms with Gasteiger partial charge in [-0.25, -0.2) is 0 Å². The summed E-state index contributed by atoms with van der Waals surface area (Å²) in [6, 6.07) is 11.5. The summed E-state index contributed by atoms with van der Waals surface area (Å²) in [4.78, 5) is 0. The van der Waals surface area contributed by atoms with E-state index in [4.69, 9.17) is 19.9 Å². The van der Waals surface area contributed by atoms with Crippen LogP contribution in [0, 0.1) is 0 Å². The van der Waals surface area contributed by atoms with Gasteiger partial charge in [-0.05, 0) is 49.2 Å². The van der Waals surface area contributed by atoms with E-state index in [1.165, 1.54) is 0 Å². The Morgan fingerprint density at radius 1 is 0.870 bits per heavy atom. The average molecular weight is 313 g/mol. The van der Waals surface area contributed by atoms with Gasteiger partial charge in [0, 0.05) is 6.07 Å². The predicted octanol–water partition coefficient (Wildman–Crippen LogP) is 4.24. The minimum Gasteiger partial charge on any atom is -0.497 e. The van der Waals surface area contributed by atoms with Crippen LogP contribution in [0.5, 0.6) is 17.2 Å². The highest BCUT2D eigenvalue weighted by molar-refractivity contribution is 5.73. The molecule has 4 nitrogen and oxygen atoms in total. The molecular formula is C19H23NO3. The van der Waals surface area contributed by atoms with Gasteiger partial charge in [-0.15, -0.1) is 0 Å². The zero-order valence-corrected chi connectivity index (χ0v) is 14.0. The number of methoxy groups -OCH3 is 2. The summed E-state index contributed by atoms with van der Waals surface area (Å²) in [5.41, 5.74) is 8.53. The van der Waals surface area contributed by atoms with Gasteiger partial charge >= 0.3 is 0 Å². The van der Waals surface area contributed by atoms with Crippen molar-refractivity contribution in [1.82, 2.24) is 0 Å². The van der Waals surface area contributed by atoms with Crippen LogP contribution < -0.4 is 19.9 Å². The van der Waals surface area contributed by atoms with Crippen molar-refractivity contribution in [2.75, 3.05) is 20.0 Å². The molecule has 0 aliphatic carbocycles. The monoisotopic (exact) mass is 313 g/mol. The van der Waals surface area contributed by atoms with Crippen molar-refractivity contribution in [1.29, 1.82) is 0 Å². The highest BCUT2D eigenvalue weighted by Gasteiger charge is 2.03. The first-order valence-electron chi connectivity index (χ1n) is 7.49. The number of benzene rings is 2. The van der Waals surface area contributed by atoms with Crippen LogP contribution in [-0.2, 0) is 0 Å². The van der Waals surface area contributed by atoms with Gasteiger partial charge in [-0.3, -0.25) is 0 Å². The molecule has 0 spiro atoms. The van der Waals surface area contributed by atoms with Crippen molar-refractivity contribution in [3.05, 3.63) is 47.5 Å². The van der Waals surface area contributed by atoms with Crippen LogP contribution in [0.2, 0.25) is 0 Å². The van der Waals surface area contributed by atoms with Gasteiger partial charge in [0.15, 0.2) is 0 Å². The van der Waals surface area contributed by atoms with Crippen LogP contribution in [0.1, 0.15) is 25.0 Å². The largest absolute Gasteiger partial charge is 0.497 e. The summed E-state index contributed by atoms with van der Waals surface area (Å²) in [5, 5.41) is 0. The molecule has 0 saturated carbocycles. The van der Waals surface area contributed by atoms with Crippen LogP contribution in [0.15, 0.2) is 36.4 Å². The Morgan fingerprint density at radius 2 is 1.57 bits per heavy atom.